The number of ether oxygens (including phenoxy) is 1. The molecule has 0 saturated carbocycles. The number of halogens is 6. The highest BCUT2D eigenvalue weighted by molar-refractivity contribution is 5.84. The Morgan fingerprint density at radius 2 is 1.48 bits per heavy atom. The first kappa shape index (κ1) is 18.8. The minimum absolute atomic E-state index is 0.00564. The molecule has 0 bridgehead atoms. The summed E-state index contributed by atoms with van der Waals surface area (Å²) in [6.07, 6.45) is -10.0. The quantitative estimate of drug-likeness (QED) is 0.544. The summed E-state index contributed by atoms with van der Waals surface area (Å²) in [4.78, 5) is 12.3. The maximum atomic E-state index is 13.0. The molecule has 3 aromatic rings. The van der Waals surface area contributed by atoms with Gasteiger partial charge in [-0.2, -0.15) is 26.3 Å². The van der Waals surface area contributed by atoms with E-state index in [1.165, 1.54) is 25.3 Å². The van der Waals surface area contributed by atoms with Gasteiger partial charge in [0.05, 0.1) is 18.2 Å². The van der Waals surface area contributed by atoms with Crippen LogP contribution in [-0.2, 0) is 12.4 Å². The zero-order valence-electron chi connectivity index (χ0n) is 13.5. The zero-order valence-corrected chi connectivity index (χ0v) is 13.5. The van der Waals surface area contributed by atoms with Crippen molar-refractivity contribution in [3.05, 3.63) is 63.8 Å². The average molecular weight is 388 g/mol. The molecule has 0 aliphatic carbocycles. The normalized spacial score (nSPS) is 12.4. The van der Waals surface area contributed by atoms with Crippen molar-refractivity contribution in [1.29, 1.82) is 0 Å². The molecule has 0 amide bonds. The molecule has 0 saturated heterocycles. The molecule has 0 spiro atoms. The monoisotopic (exact) mass is 388 g/mol. The Bertz CT molecular complexity index is 1030. The van der Waals surface area contributed by atoms with Crippen LogP contribution in [0, 0.1) is 0 Å². The van der Waals surface area contributed by atoms with Crippen molar-refractivity contribution in [2.24, 2.45) is 0 Å². The largest absolute Gasteiger partial charge is 0.496 e. The third-order valence-electron chi connectivity index (χ3n) is 3.81. The minimum atomic E-state index is -5.00. The van der Waals surface area contributed by atoms with Crippen molar-refractivity contribution in [1.82, 2.24) is 0 Å². The Morgan fingerprint density at radius 1 is 0.889 bits per heavy atom. The fourth-order valence-corrected chi connectivity index (χ4v) is 2.59. The van der Waals surface area contributed by atoms with Crippen molar-refractivity contribution in [3.8, 4) is 17.1 Å². The molecule has 3 rings (SSSR count). The number of methoxy groups -OCH3 is 1. The second kappa shape index (κ2) is 6.33. The van der Waals surface area contributed by atoms with Gasteiger partial charge in [-0.05, 0) is 30.3 Å². The van der Waals surface area contributed by atoms with E-state index in [-0.39, 0.29) is 22.8 Å². The van der Waals surface area contributed by atoms with Crippen molar-refractivity contribution in [2.45, 2.75) is 12.4 Å². The summed E-state index contributed by atoms with van der Waals surface area (Å²) in [5.74, 6) is -0.245. The van der Waals surface area contributed by atoms with Crippen LogP contribution in [0.3, 0.4) is 0 Å². The van der Waals surface area contributed by atoms with Crippen LogP contribution in [0.4, 0.5) is 26.3 Å². The first-order valence-electron chi connectivity index (χ1n) is 7.41. The van der Waals surface area contributed by atoms with Gasteiger partial charge in [0, 0.05) is 11.6 Å². The number of hydrogen-bond acceptors (Lipinski definition) is 3. The summed E-state index contributed by atoms with van der Waals surface area (Å²) in [6, 6.07) is 6.15. The van der Waals surface area contributed by atoms with E-state index in [1.54, 1.807) is 0 Å². The number of rotatable bonds is 2. The Kier molecular flexibility index (Phi) is 4.41. The molecule has 2 aromatic carbocycles. The molecule has 1 heterocycles. The standard InChI is InChI=1S/C18H10F6O3/c1-26-13-3-2-4-14-16(13)12(25)8-15(27-14)9-5-10(17(19,20)21)7-11(6-9)18(22,23)24/h2-8H,1H3. The predicted molar refractivity (Wildman–Crippen MR) is 84.5 cm³/mol. The smallest absolute Gasteiger partial charge is 0.416 e. The number of benzene rings is 2. The highest BCUT2D eigenvalue weighted by Crippen LogP contribution is 2.39. The molecule has 27 heavy (non-hydrogen) atoms. The molecule has 0 aliphatic rings. The molecule has 1 aromatic heterocycles. The fourth-order valence-electron chi connectivity index (χ4n) is 2.59. The average Bonchev–Trinajstić information content (AvgIpc) is 2.59. The van der Waals surface area contributed by atoms with Gasteiger partial charge < -0.3 is 9.15 Å². The molecular formula is C18H10F6O3. The Hall–Kier alpha value is -2.97. The SMILES string of the molecule is COc1cccc2oc(-c3cc(C(F)(F)F)cc(C(F)(F)F)c3)cc(=O)c12. The van der Waals surface area contributed by atoms with E-state index in [4.69, 9.17) is 9.15 Å². The van der Waals surface area contributed by atoms with Crippen LogP contribution in [0.25, 0.3) is 22.3 Å². The Balaban J connectivity index is 2.29. The number of fused-ring (bicyclic) bond motifs is 1. The van der Waals surface area contributed by atoms with Crippen molar-refractivity contribution >= 4 is 11.0 Å². The van der Waals surface area contributed by atoms with Crippen LogP contribution in [0.5, 0.6) is 5.75 Å². The fraction of sp³-hybridized carbons (Fsp3) is 0.167. The maximum Gasteiger partial charge on any atom is 0.416 e. The summed E-state index contributed by atoms with van der Waals surface area (Å²) < 4.78 is 88.5. The van der Waals surface area contributed by atoms with E-state index in [0.717, 1.165) is 6.07 Å². The van der Waals surface area contributed by atoms with E-state index >= 15 is 0 Å². The van der Waals surface area contributed by atoms with E-state index in [9.17, 15) is 31.1 Å². The first-order chi connectivity index (χ1) is 12.5. The van der Waals surface area contributed by atoms with Crippen LogP contribution in [-0.4, -0.2) is 7.11 Å². The van der Waals surface area contributed by atoms with Gasteiger partial charge in [0.2, 0.25) is 0 Å². The van der Waals surface area contributed by atoms with Gasteiger partial charge in [0.1, 0.15) is 22.5 Å². The third-order valence-corrected chi connectivity index (χ3v) is 3.81. The molecule has 0 radical (unpaired) electrons. The zero-order chi connectivity index (χ0) is 20.0. The van der Waals surface area contributed by atoms with Crippen LogP contribution in [0.2, 0.25) is 0 Å². The highest BCUT2D eigenvalue weighted by Gasteiger charge is 2.37. The van der Waals surface area contributed by atoms with Gasteiger partial charge in [-0.25, -0.2) is 0 Å². The van der Waals surface area contributed by atoms with Gasteiger partial charge in [0.25, 0.3) is 0 Å². The van der Waals surface area contributed by atoms with E-state index in [1.807, 2.05) is 0 Å². The summed E-state index contributed by atoms with van der Waals surface area (Å²) in [5, 5.41) is 0.0340. The van der Waals surface area contributed by atoms with E-state index in [2.05, 4.69) is 0 Å². The summed E-state index contributed by atoms with van der Waals surface area (Å²) >= 11 is 0. The predicted octanol–water partition coefficient (Wildman–Crippen LogP) is 5.51. The van der Waals surface area contributed by atoms with Crippen LogP contribution in [0.1, 0.15) is 11.1 Å². The van der Waals surface area contributed by atoms with E-state index in [0.29, 0.717) is 12.1 Å². The van der Waals surface area contributed by atoms with Gasteiger partial charge >= 0.3 is 12.4 Å². The molecule has 3 nitrogen and oxygen atoms in total. The number of hydrogen-bond donors (Lipinski definition) is 0. The van der Waals surface area contributed by atoms with Crippen molar-refractivity contribution in [2.75, 3.05) is 7.11 Å². The molecule has 0 fully saturated rings. The lowest BCUT2D eigenvalue weighted by atomic mass is 10.0. The maximum absolute atomic E-state index is 13.0. The van der Waals surface area contributed by atoms with Gasteiger partial charge in [-0.3, -0.25) is 4.79 Å². The van der Waals surface area contributed by atoms with Crippen molar-refractivity contribution in [3.63, 3.8) is 0 Å². The molecule has 0 atom stereocenters. The molecule has 0 N–H and O–H groups in total. The Morgan fingerprint density at radius 3 is 2.00 bits per heavy atom. The van der Waals surface area contributed by atoms with Crippen molar-refractivity contribution < 1.29 is 35.5 Å². The first-order valence-corrected chi connectivity index (χ1v) is 7.41. The molecular weight excluding hydrogens is 378 g/mol. The van der Waals surface area contributed by atoms with E-state index < -0.39 is 40.2 Å². The van der Waals surface area contributed by atoms with Crippen LogP contribution >= 0.6 is 0 Å². The molecule has 0 unspecified atom stereocenters. The summed E-state index contributed by atoms with van der Waals surface area (Å²) in [5.41, 5.74) is -4.20. The van der Waals surface area contributed by atoms with Crippen LogP contribution < -0.4 is 10.2 Å². The Labute approximate surface area is 147 Å². The molecule has 0 aliphatic heterocycles. The van der Waals surface area contributed by atoms with Gasteiger partial charge in [0.15, 0.2) is 5.43 Å². The summed E-state index contributed by atoms with van der Waals surface area (Å²) in [6.45, 7) is 0. The summed E-state index contributed by atoms with van der Waals surface area (Å²) in [7, 11) is 1.31. The molecule has 142 valence electrons. The molecule has 9 heteroatoms. The van der Waals surface area contributed by atoms with Crippen LogP contribution in [0.15, 0.2) is 51.7 Å². The highest BCUT2D eigenvalue weighted by atomic mass is 19.4. The second-order valence-electron chi connectivity index (χ2n) is 5.60. The lowest BCUT2D eigenvalue weighted by molar-refractivity contribution is -0.143. The minimum Gasteiger partial charge on any atom is -0.496 e. The number of alkyl halides is 6. The van der Waals surface area contributed by atoms with Gasteiger partial charge in [-0.1, -0.05) is 6.07 Å². The topological polar surface area (TPSA) is 39.4 Å². The lowest BCUT2D eigenvalue weighted by Crippen LogP contribution is -2.11. The van der Waals surface area contributed by atoms with Gasteiger partial charge in [-0.15, -0.1) is 0 Å². The third kappa shape index (κ3) is 3.62. The second-order valence-corrected chi connectivity index (χ2v) is 5.60. The lowest BCUT2D eigenvalue weighted by Gasteiger charge is -2.14.